The van der Waals surface area contributed by atoms with E-state index in [0.717, 1.165) is 37.2 Å². The Balaban J connectivity index is 1.49. The van der Waals surface area contributed by atoms with Crippen LogP contribution in [0.15, 0.2) is 41.6 Å². The van der Waals surface area contributed by atoms with Crippen LogP contribution in [0.25, 0.3) is 16.9 Å². The van der Waals surface area contributed by atoms with Crippen LogP contribution in [-0.2, 0) is 4.79 Å². The molecule has 1 aromatic carbocycles. The summed E-state index contributed by atoms with van der Waals surface area (Å²) in [5.41, 5.74) is 2.43. The summed E-state index contributed by atoms with van der Waals surface area (Å²) in [5.74, 6) is 1.21. The molecule has 1 aliphatic rings. The van der Waals surface area contributed by atoms with Crippen LogP contribution < -0.4 is 0 Å². The summed E-state index contributed by atoms with van der Waals surface area (Å²) >= 11 is 7.34. The van der Waals surface area contributed by atoms with Gasteiger partial charge in [-0.1, -0.05) is 42.4 Å². The van der Waals surface area contributed by atoms with Crippen LogP contribution in [0, 0.1) is 5.92 Å². The van der Waals surface area contributed by atoms with E-state index in [4.69, 9.17) is 11.6 Å². The number of carbonyl (C=O) groups is 1. The number of hydrogen-bond donors (Lipinski definition) is 0. The lowest BCUT2D eigenvalue weighted by molar-refractivity contribution is -0.129. The maximum atomic E-state index is 12.5. The molecular weight excluding hydrogens is 382 g/mol. The molecule has 4 rings (SSSR count). The number of likely N-dealkylation sites (tertiary alicyclic amines) is 1. The Hall–Kier alpha value is -2.12. The highest BCUT2D eigenvalue weighted by atomic mass is 35.5. The van der Waals surface area contributed by atoms with Crippen molar-refractivity contribution in [3.05, 3.63) is 41.4 Å². The highest BCUT2D eigenvalue weighted by molar-refractivity contribution is 7.99. The van der Waals surface area contributed by atoms with Crippen molar-refractivity contribution in [3.63, 3.8) is 0 Å². The molecule has 1 aliphatic heterocycles. The van der Waals surface area contributed by atoms with Gasteiger partial charge in [0.25, 0.3) is 0 Å². The Labute approximate surface area is 166 Å². The van der Waals surface area contributed by atoms with Gasteiger partial charge in [-0.3, -0.25) is 4.79 Å². The zero-order valence-corrected chi connectivity index (χ0v) is 16.6. The number of aromatic nitrogens is 4. The van der Waals surface area contributed by atoms with E-state index in [1.54, 1.807) is 4.52 Å². The SMILES string of the molecule is CC1CCN(C(=O)CSc2nnc3ccc(-c4ccc(Cl)cc4)nn23)CC1. The van der Waals surface area contributed by atoms with Gasteiger partial charge in [-0.05, 0) is 43.0 Å². The molecule has 0 unspecified atom stereocenters. The molecule has 0 N–H and O–H groups in total. The lowest BCUT2D eigenvalue weighted by Crippen LogP contribution is -2.38. The molecule has 8 heteroatoms. The minimum absolute atomic E-state index is 0.150. The molecule has 1 saturated heterocycles. The second kappa shape index (κ2) is 7.86. The zero-order valence-electron chi connectivity index (χ0n) is 15.0. The molecule has 0 saturated carbocycles. The summed E-state index contributed by atoms with van der Waals surface area (Å²) in [6, 6.07) is 11.3. The quantitative estimate of drug-likeness (QED) is 0.622. The smallest absolute Gasteiger partial charge is 0.233 e. The molecule has 1 amide bonds. The van der Waals surface area contributed by atoms with Gasteiger partial charge in [-0.2, -0.15) is 9.61 Å². The van der Waals surface area contributed by atoms with Crippen molar-refractivity contribution in [1.82, 2.24) is 24.7 Å². The fraction of sp³-hybridized carbons (Fsp3) is 0.368. The number of fused-ring (bicyclic) bond motifs is 1. The number of benzene rings is 1. The third-order valence-corrected chi connectivity index (χ3v) is 5.99. The molecule has 0 aliphatic carbocycles. The highest BCUT2D eigenvalue weighted by Gasteiger charge is 2.21. The van der Waals surface area contributed by atoms with Gasteiger partial charge in [0.05, 0.1) is 11.4 Å². The molecule has 3 heterocycles. The molecule has 27 heavy (non-hydrogen) atoms. The van der Waals surface area contributed by atoms with Crippen LogP contribution in [0.1, 0.15) is 19.8 Å². The first-order chi connectivity index (χ1) is 13.1. The number of thioether (sulfide) groups is 1. The molecular formula is C19H20ClN5OS. The summed E-state index contributed by atoms with van der Waals surface area (Å²) in [5, 5.41) is 14.3. The van der Waals surface area contributed by atoms with Crippen molar-refractivity contribution in [2.24, 2.45) is 5.92 Å². The molecule has 1 fully saturated rings. The van der Waals surface area contributed by atoms with Crippen molar-refractivity contribution < 1.29 is 4.79 Å². The first-order valence-corrected chi connectivity index (χ1v) is 10.4. The number of hydrogen-bond acceptors (Lipinski definition) is 5. The number of halogens is 1. The Morgan fingerprint density at radius 1 is 1.15 bits per heavy atom. The number of carbonyl (C=O) groups excluding carboxylic acids is 1. The van der Waals surface area contributed by atoms with Crippen LogP contribution in [0.3, 0.4) is 0 Å². The highest BCUT2D eigenvalue weighted by Crippen LogP contribution is 2.23. The standard InChI is InChI=1S/C19H20ClN5OS/c1-13-8-10-24(11-9-13)18(26)12-27-19-22-21-17-7-6-16(23-25(17)19)14-2-4-15(20)5-3-14/h2-7,13H,8-12H2,1H3. The second-order valence-corrected chi connectivity index (χ2v) is 8.21. The minimum Gasteiger partial charge on any atom is -0.342 e. The average Bonchev–Trinajstić information content (AvgIpc) is 3.09. The molecule has 0 atom stereocenters. The van der Waals surface area contributed by atoms with Crippen LogP contribution in [-0.4, -0.2) is 49.5 Å². The Morgan fingerprint density at radius 2 is 1.89 bits per heavy atom. The number of piperidine rings is 1. The van der Waals surface area contributed by atoms with Crippen molar-refractivity contribution in [1.29, 1.82) is 0 Å². The third-order valence-electron chi connectivity index (χ3n) is 4.84. The largest absolute Gasteiger partial charge is 0.342 e. The maximum absolute atomic E-state index is 12.5. The molecule has 2 aromatic heterocycles. The van der Waals surface area contributed by atoms with E-state index in [-0.39, 0.29) is 5.91 Å². The lowest BCUT2D eigenvalue weighted by Gasteiger charge is -2.30. The lowest BCUT2D eigenvalue weighted by atomic mass is 9.99. The van der Waals surface area contributed by atoms with Gasteiger partial charge in [-0.15, -0.1) is 10.2 Å². The summed E-state index contributed by atoms with van der Waals surface area (Å²) in [4.78, 5) is 14.4. The molecule has 0 bridgehead atoms. The zero-order chi connectivity index (χ0) is 18.8. The van der Waals surface area contributed by atoms with E-state index in [1.807, 2.05) is 41.3 Å². The molecule has 3 aromatic rings. The Kier molecular flexibility index (Phi) is 5.31. The van der Waals surface area contributed by atoms with E-state index in [1.165, 1.54) is 11.8 Å². The fourth-order valence-corrected chi connectivity index (χ4v) is 4.03. The summed E-state index contributed by atoms with van der Waals surface area (Å²) in [6.07, 6.45) is 2.16. The van der Waals surface area contributed by atoms with Crippen LogP contribution in [0.2, 0.25) is 5.02 Å². The van der Waals surface area contributed by atoms with Gasteiger partial charge < -0.3 is 4.90 Å². The van der Waals surface area contributed by atoms with E-state index < -0.39 is 0 Å². The molecule has 140 valence electrons. The van der Waals surface area contributed by atoms with Crippen molar-refractivity contribution in [3.8, 4) is 11.3 Å². The Bertz CT molecular complexity index is 950. The first-order valence-electron chi connectivity index (χ1n) is 8.99. The maximum Gasteiger partial charge on any atom is 0.233 e. The predicted molar refractivity (Wildman–Crippen MR) is 107 cm³/mol. The van der Waals surface area contributed by atoms with Gasteiger partial charge in [0.1, 0.15) is 0 Å². The van der Waals surface area contributed by atoms with Crippen LogP contribution in [0.4, 0.5) is 0 Å². The molecule has 0 spiro atoms. The molecule has 6 nitrogen and oxygen atoms in total. The van der Waals surface area contributed by atoms with E-state index >= 15 is 0 Å². The van der Waals surface area contributed by atoms with Crippen molar-refractivity contribution in [2.75, 3.05) is 18.8 Å². The summed E-state index contributed by atoms with van der Waals surface area (Å²) in [6.45, 7) is 3.93. The predicted octanol–water partition coefficient (Wildman–Crippen LogP) is 3.80. The number of nitrogens with zero attached hydrogens (tertiary/aromatic N) is 5. The topological polar surface area (TPSA) is 63.4 Å². The average molecular weight is 402 g/mol. The van der Waals surface area contributed by atoms with Gasteiger partial charge in [0.2, 0.25) is 11.1 Å². The van der Waals surface area contributed by atoms with Crippen LogP contribution in [0.5, 0.6) is 0 Å². The first kappa shape index (κ1) is 18.3. The normalized spacial score (nSPS) is 15.4. The van der Waals surface area contributed by atoms with E-state index in [0.29, 0.717) is 27.5 Å². The fourth-order valence-electron chi connectivity index (χ4n) is 3.11. The van der Waals surface area contributed by atoms with Crippen molar-refractivity contribution >= 4 is 34.9 Å². The van der Waals surface area contributed by atoms with Crippen molar-refractivity contribution in [2.45, 2.75) is 24.9 Å². The van der Waals surface area contributed by atoms with Gasteiger partial charge in [0.15, 0.2) is 5.65 Å². The van der Waals surface area contributed by atoms with E-state index in [2.05, 4.69) is 22.2 Å². The van der Waals surface area contributed by atoms with Gasteiger partial charge in [0, 0.05) is 23.7 Å². The number of rotatable bonds is 4. The number of amides is 1. The van der Waals surface area contributed by atoms with Gasteiger partial charge in [-0.25, -0.2) is 0 Å². The van der Waals surface area contributed by atoms with Crippen LogP contribution >= 0.6 is 23.4 Å². The summed E-state index contributed by atoms with van der Waals surface area (Å²) < 4.78 is 1.69. The van der Waals surface area contributed by atoms with E-state index in [9.17, 15) is 4.79 Å². The second-order valence-electron chi connectivity index (χ2n) is 6.83. The third kappa shape index (κ3) is 4.09. The van der Waals surface area contributed by atoms with Gasteiger partial charge >= 0.3 is 0 Å². The Morgan fingerprint density at radius 3 is 2.63 bits per heavy atom. The monoisotopic (exact) mass is 401 g/mol. The minimum atomic E-state index is 0.150. The molecule has 0 radical (unpaired) electrons. The summed E-state index contributed by atoms with van der Waals surface area (Å²) in [7, 11) is 0.